The number of rotatable bonds is 3. The van der Waals surface area contributed by atoms with E-state index in [1.165, 1.54) is 0 Å². The number of fused-ring (bicyclic) bond motifs is 1. The molecule has 4 nitrogen and oxygen atoms in total. The number of benzene rings is 1. The fourth-order valence-corrected chi connectivity index (χ4v) is 3.13. The van der Waals surface area contributed by atoms with Gasteiger partial charge in [-0.2, -0.15) is 0 Å². The largest absolute Gasteiger partial charge is 0.324 e. The molecule has 0 spiro atoms. The van der Waals surface area contributed by atoms with Crippen LogP contribution in [0.15, 0.2) is 30.5 Å². The average molecular weight is 304 g/mol. The summed E-state index contributed by atoms with van der Waals surface area (Å²) in [5, 5.41) is 7.83. The third-order valence-corrected chi connectivity index (χ3v) is 4.54. The fraction of sp³-hybridized carbons (Fsp3) is 0.375. The normalized spacial score (nSPS) is 21.6. The van der Waals surface area contributed by atoms with Crippen LogP contribution in [-0.4, -0.2) is 24.0 Å². The molecule has 1 amide bonds. The SMILES string of the molecule is CCC1(C(=O)Nc2cc(Cl)cc3cccnc23)CCNC1. The van der Waals surface area contributed by atoms with Crippen LogP contribution in [0.5, 0.6) is 0 Å². The Labute approximate surface area is 128 Å². The molecule has 1 aromatic carbocycles. The monoisotopic (exact) mass is 303 g/mol. The third-order valence-electron chi connectivity index (χ3n) is 4.32. The van der Waals surface area contributed by atoms with Gasteiger partial charge in [-0.05, 0) is 37.6 Å². The van der Waals surface area contributed by atoms with Gasteiger partial charge in [-0.1, -0.05) is 24.6 Å². The summed E-state index contributed by atoms with van der Waals surface area (Å²) in [5.41, 5.74) is 1.12. The van der Waals surface area contributed by atoms with Crippen LogP contribution in [0.3, 0.4) is 0 Å². The van der Waals surface area contributed by atoms with Gasteiger partial charge in [0, 0.05) is 23.2 Å². The minimum absolute atomic E-state index is 0.0456. The molecule has 0 radical (unpaired) electrons. The first-order valence-corrected chi connectivity index (χ1v) is 7.59. The van der Waals surface area contributed by atoms with Gasteiger partial charge in [0.1, 0.15) is 0 Å². The van der Waals surface area contributed by atoms with Gasteiger partial charge >= 0.3 is 0 Å². The smallest absolute Gasteiger partial charge is 0.231 e. The quantitative estimate of drug-likeness (QED) is 0.915. The maximum absolute atomic E-state index is 12.7. The van der Waals surface area contributed by atoms with E-state index < -0.39 is 0 Å². The zero-order valence-electron chi connectivity index (χ0n) is 11.9. The first-order valence-electron chi connectivity index (χ1n) is 7.21. The number of hydrogen-bond donors (Lipinski definition) is 2. The summed E-state index contributed by atoms with van der Waals surface area (Å²) < 4.78 is 0. The second-order valence-electron chi connectivity index (χ2n) is 5.54. The van der Waals surface area contributed by atoms with Crippen molar-refractivity contribution in [3.8, 4) is 0 Å². The topological polar surface area (TPSA) is 54.0 Å². The van der Waals surface area contributed by atoms with Crippen molar-refractivity contribution in [2.45, 2.75) is 19.8 Å². The highest BCUT2D eigenvalue weighted by Crippen LogP contribution is 2.33. The van der Waals surface area contributed by atoms with Gasteiger partial charge in [0.05, 0.1) is 16.6 Å². The van der Waals surface area contributed by atoms with Crippen molar-refractivity contribution in [1.82, 2.24) is 10.3 Å². The molecule has 1 unspecified atom stereocenters. The van der Waals surface area contributed by atoms with E-state index in [-0.39, 0.29) is 11.3 Å². The van der Waals surface area contributed by atoms with Gasteiger partial charge in [0.2, 0.25) is 5.91 Å². The molecule has 5 heteroatoms. The molecular formula is C16H18ClN3O. The number of hydrogen-bond acceptors (Lipinski definition) is 3. The highest BCUT2D eigenvalue weighted by atomic mass is 35.5. The molecule has 2 N–H and O–H groups in total. The summed E-state index contributed by atoms with van der Waals surface area (Å²) in [4.78, 5) is 17.1. The zero-order chi connectivity index (χ0) is 14.9. The second kappa shape index (κ2) is 5.62. The van der Waals surface area contributed by atoms with Crippen molar-refractivity contribution in [2.75, 3.05) is 18.4 Å². The van der Waals surface area contributed by atoms with E-state index in [4.69, 9.17) is 11.6 Å². The standard InChI is InChI=1S/C16H18ClN3O/c1-2-16(5-7-18-10-16)15(21)20-13-9-12(17)8-11-4-3-6-19-14(11)13/h3-4,6,8-9,18H,2,5,7,10H2,1H3,(H,20,21). The Bertz CT molecular complexity index is 680. The number of carbonyl (C=O) groups excluding carboxylic acids is 1. The van der Waals surface area contributed by atoms with Gasteiger partial charge in [-0.3, -0.25) is 9.78 Å². The lowest BCUT2D eigenvalue weighted by atomic mass is 9.83. The number of anilines is 1. The maximum Gasteiger partial charge on any atom is 0.231 e. The predicted molar refractivity (Wildman–Crippen MR) is 85.6 cm³/mol. The first-order chi connectivity index (χ1) is 10.1. The number of carbonyl (C=O) groups is 1. The van der Waals surface area contributed by atoms with E-state index >= 15 is 0 Å². The molecule has 1 aromatic heterocycles. The predicted octanol–water partition coefficient (Wildman–Crippen LogP) is 3.22. The molecule has 1 aliphatic rings. The first kappa shape index (κ1) is 14.3. The van der Waals surface area contributed by atoms with E-state index in [9.17, 15) is 4.79 Å². The van der Waals surface area contributed by atoms with Crippen LogP contribution in [0, 0.1) is 5.41 Å². The van der Waals surface area contributed by atoms with Crippen LogP contribution in [0.25, 0.3) is 10.9 Å². The van der Waals surface area contributed by atoms with Crippen LogP contribution >= 0.6 is 11.6 Å². The Morgan fingerprint density at radius 2 is 2.38 bits per heavy atom. The minimum Gasteiger partial charge on any atom is -0.324 e. The van der Waals surface area contributed by atoms with Crippen LogP contribution < -0.4 is 10.6 Å². The van der Waals surface area contributed by atoms with E-state index in [0.717, 1.165) is 36.8 Å². The zero-order valence-corrected chi connectivity index (χ0v) is 12.7. The van der Waals surface area contributed by atoms with E-state index in [2.05, 4.69) is 22.5 Å². The summed E-state index contributed by atoms with van der Waals surface area (Å²) in [6, 6.07) is 7.42. The molecule has 1 fully saturated rings. The minimum atomic E-state index is -0.330. The lowest BCUT2D eigenvalue weighted by Crippen LogP contribution is -2.37. The summed E-state index contributed by atoms with van der Waals surface area (Å²) >= 11 is 6.14. The Morgan fingerprint density at radius 3 is 3.10 bits per heavy atom. The highest BCUT2D eigenvalue weighted by molar-refractivity contribution is 6.32. The average Bonchev–Trinajstić information content (AvgIpc) is 2.97. The maximum atomic E-state index is 12.7. The number of aromatic nitrogens is 1. The third kappa shape index (κ3) is 2.61. The Balaban J connectivity index is 1.96. The molecular weight excluding hydrogens is 286 g/mol. The highest BCUT2D eigenvalue weighted by Gasteiger charge is 2.39. The molecule has 2 heterocycles. The molecule has 110 valence electrons. The molecule has 0 aliphatic carbocycles. The van der Waals surface area contributed by atoms with Crippen molar-refractivity contribution in [1.29, 1.82) is 0 Å². The second-order valence-corrected chi connectivity index (χ2v) is 5.98. The van der Waals surface area contributed by atoms with Crippen molar-refractivity contribution in [2.24, 2.45) is 5.41 Å². The number of amides is 1. The number of nitrogens with one attached hydrogen (secondary N) is 2. The molecule has 0 bridgehead atoms. The summed E-state index contributed by atoms with van der Waals surface area (Å²) in [6.45, 7) is 3.66. The van der Waals surface area contributed by atoms with Crippen LogP contribution in [0.2, 0.25) is 5.02 Å². The number of halogens is 1. The molecule has 3 rings (SSSR count). The summed E-state index contributed by atoms with van der Waals surface area (Å²) in [7, 11) is 0. The molecule has 1 saturated heterocycles. The Hall–Kier alpha value is -1.65. The molecule has 2 aromatic rings. The molecule has 0 saturated carbocycles. The summed E-state index contributed by atoms with van der Waals surface area (Å²) in [5.74, 6) is 0.0456. The van der Waals surface area contributed by atoms with E-state index in [1.807, 2.05) is 18.2 Å². The van der Waals surface area contributed by atoms with Crippen LogP contribution in [0.1, 0.15) is 19.8 Å². The molecule has 1 atom stereocenters. The molecule has 21 heavy (non-hydrogen) atoms. The molecule has 1 aliphatic heterocycles. The van der Waals surface area contributed by atoms with Gasteiger partial charge < -0.3 is 10.6 Å². The van der Waals surface area contributed by atoms with Gasteiger partial charge in [0.15, 0.2) is 0 Å². The van der Waals surface area contributed by atoms with E-state index in [0.29, 0.717) is 10.7 Å². The lowest BCUT2D eigenvalue weighted by Gasteiger charge is -2.25. The van der Waals surface area contributed by atoms with Crippen LogP contribution in [0.4, 0.5) is 5.69 Å². The number of nitrogens with zero attached hydrogens (tertiary/aromatic N) is 1. The van der Waals surface area contributed by atoms with E-state index in [1.54, 1.807) is 12.3 Å². The van der Waals surface area contributed by atoms with Crippen molar-refractivity contribution in [3.63, 3.8) is 0 Å². The van der Waals surface area contributed by atoms with Crippen molar-refractivity contribution in [3.05, 3.63) is 35.5 Å². The van der Waals surface area contributed by atoms with Crippen molar-refractivity contribution >= 4 is 34.1 Å². The Morgan fingerprint density at radius 1 is 1.52 bits per heavy atom. The fourth-order valence-electron chi connectivity index (χ4n) is 2.91. The van der Waals surface area contributed by atoms with Crippen molar-refractivity contribution < 1.29 is 4.79 Å². The summed E-state index contributed by atoms with van der Waals surface area (Å²) in [6.07, 6.45) is 3.40. The van der Waals surface area contributed by atoms with Gasteiger partial charge in [0.25, 0.3) is 0 Å². The Kier molecular flexibility index (Phi) is 3.83. The lowest BCUT2D eigenvalue weighted by molar-refractivity contribution is -0.124. The van der Waals surface area contributed by atoms with Crippen LogP contribution in [-0.2, 0) is 4.79 Å². The van der Waals surface area contributed by atoms with Gasteiger partial charge in [-0.15, -0.1) is 0 Å². The van der Waals surface area contributed by atoms with Gasteiger partial charge in [-0.25, -0.2) is 0 Å². The number of pyridine rings is 1.